The second kappa shape index (κ2) is 4.79. The lowest BCUT2D eigenvalue weighted by molar-refractivity contribution is -0.117. The van der Waals surface area contributed by atoms with Crippen molar-refractivity contribution in [3.63, 3.8) is 0 Å². The molecule has 1 amide bonds. The number of rotatable bonds is 2. The van der Waals surface area contributed by atoms with Crippen molar-refractivity contribution in [2.45, 2.75) is 30.9 Å². The van der Waals surface area contributed by atoms with Gasteiger partial charge in [-0.2, -0.15) is 0 Å². The molecule has 1 N–H and O–H groups in total. The van der Waals surface area contributed by atoms with E-state index in [1.54, 1.807) is 6.92 Å². The first-order chi connectivity index (χ1) is 8.06. The summed E-state index contributed by atoms with van der Waals surface area (Å²) >= 11 is 1.10. The Kier molecular flexibility index (Phi) is 3.38. The second-order valence-electron chi connectivity index (χ2n) is 3.99. The van der Waals surface area contributed by atoms with Gasteiger partial charge in [0.25, 0.3) is 0 Å². The first-order valence-electron chi connectivity index (χ1n) is 5.32. The molecule has 5 heteroatoms. The molecule has 1 aliphatic heterocycles. The van der Waals surface area contributed by atoms with Crippen LogP contribution in [0.4, 0.5) is 4.79 Å². The van der Waals surface area contributed by atoms with Crippen LogP contribution in [-0.4, -0.2) is 23.4 Å². The lowest BCUT2D eigenvalue weighted by Gasteiger charge is -2.10. The van der Waals surface area contributed by atoms with E-state index >= 15 is 0 Å². The quantitative estimate of drug-likeness (QED) is 0.818. The third-order valence-electron chi connectivity index (χ3n) is 2.51. The molecule has 0 radical (unpaired) electrons. The molecule has 1 heterocycles. The Morgan fingerprint density at radius 1 is 1.35 bits per heavy atom. The van der Waals surface area contributed by atoms with Crippen molar-refractivity contribution < 1.29 is 14.3 Å². The van der Waals surface area contributed by atoms with Crippen LogP contribution in [0.25, 0.3) is 0 Å². The summed E-state index contributed by atoms with van der Waals surface area (Å²) in [5, 5.41) is 2.39. The average Bonchev–Trinajstić information content (AvgIpc) is 2.61. The predicted octanol–water partition coefficient (Wildman–Crippen LogP) is 2.11. The van der Waals surface area contributed by atoms with E-state index in [1.807, 2.05) is 31.2 Å². The van der Waals surface area contributed by atoms with Crippen molar-refractivity contribution in [3.05, 3.63) is 29.8 Å². The molecule has 2 rings (SSSR count). The number of carbonyl (C=O) groups is 2. The van der Waals surface area contributed by atoms with Crippen molar-refractivity contribution in [3.8, 4) is 0 Å². The molecule has 1 aromatic rings. The number of alkyl carbamates (subject to hydrolysis) is 1. The maximum Gasteiger partial charge on any atom is 0.408 e. The van der Waals surface area contributed by atoms with Crippen LogP contribution in [0.2, 0.25) is 0 Å². The normalized spacial score (nSPS) is 23.1. The lowest BCUT2D eigenvalue weighted by Crippen LogP contribution is -2.32. The van der Waals surface area contributed by atoms with Crippen LogP contribution >= 0.6 is 11.8 Å². The fourth-order valence-corrected chi connectivity index (χ4v) is 2.42. The monoisotopic (exact) mass is 251 g/mol. The summed E-state index contributed by atoms with van der Waals surface area (Å²) in [5.74, 6) is 0. The smallest absolute Gasteiger partial charge is 0.408 e. The molecule has 17 heavy (non-hydrogen) atoms. The molecule has 0 spiro atoms. The minimum atomic E-state index is -0.700. The van der Waals surface area contributed by atoms with E-state index in [4.69, 9.17) is 4.74 Å². The molecule has 0 aromatic heterocycles. The van der Waals surface area contributed by atoms with E-state index < -0.39 is 12.2 Å². The standard InChI is InChI=1S/C12H13NO3S/c1-7-3-5-9(6-4-7)17-11(14)10-8(2)13-12(15)16-10/h3-6,8,10H,1-2H3,(H,13,15)/t8-,10+/m0/s1. The number of amides is 1. The molecule has 1 saturated heterocycles. The average molecular weight is 251 g/mol. The molecule has 1 aliphatic rings. The largest absolute Gasteiger partial charge is 0.435 e. The molecule has 90 valence electrons. The minimum Gasteiger partial charge on any atom is -0.435 e. The summed E-state index contributed by atoms with van der Waals surface area (Å²) in [6, 6.07) is 7.38. The summed E-state index contributed by atoms with van der Waals surface area (Å²) < 4.78 is 4.91. The fraction of sp³-hybridized carbons (Fsp3) is 0.333. The van der Waals surface area contributed by atoms with Gasteiger partial charge >= 0.3 is 6.09 Å². The molecule has 0 bridgehead atoms. The van der Waals surface area contributed by atoms with Gasteiger partial charge in [-0.05, 0) is 37.7 Å². The highest BCUT2D eigenvalue weighted by atomic mass is 32.2. The number of nitrogens with one attached hydrogen (secondary N) is 1. The Hall–Kier alpha value is -1.49. The Balaban J connectivity index is 2.02. The van der Waals surface area contributed by atoms with Gasteiger partial charge in [-0.1, -0.05) is 17.7 Å². The van der Waals surface area contributed by atoms with Gasteiger partial charge < -0.3 is 10.1 Å². The van der Waals surface area contributed by atoms with Gasteiger partial charge in [0.15, 0.2) is 6.10 Å². The summed E-state index contributed by atoms with van der Waals surface area (Å²) in [6.45, 7) is 3.74. The molecule has 0 saturated carbocycles. The van der Waals surface area contributed by atoms with Gasteiger partial charge in [0, 0.05) is 4.90 Å². The van der Waals surface area contributed by atoms with E-state index in [-0.39, 0.29) is 11.2 Å². The zero-order valence-corrected chi connectivity index (χ0v) is 10.4. The zero-order chi connectivity index (χ0) is 12.4. The van der Waals surface area contributed by atoms with E-state index in [9.17, 15) is 9.59 Å². The predicted molar refractivity (Wildman–Crippen MR) is 64.9 cm³/mol. The number of carbonyl (C=O) groups excluding carboxylic acids is 2. The number of hydrogen-bond donors (Lipinski definition) is 1. The molecule has 4 nitrogen and oxygen atoms in total. The van der Waals surface area contributed by atoms with Crippen molar-refractivity contribution in [2.24, 2.45) is 0 Å². The topological polar surface area (TPSA) is 55.4 Å². The van der Waals surface area contributed by atoms with E-state index in [1.165, 1.54) is 0 Å². The fourth-order valence-electron chi connectivity index (χ4n) is 1.55. The van der Waals surface area contributed by atoms with Crippen molar-refractivity contribution in [1.29, 1.82) is 0 Å². The molecule has 0 unspecified atom stereocenters. The minimum absolute atomic E-state index is 0.153. The molecular weight excluding hydrogens is 238 g/mol. The first kappa shape index (κ1) is 12.0. The Labute approximate surface area is 104 Å². The Morgan fingerprint density at radius 2 is 2.00 bits per heavy atom. The van der Waals surface area contributed by atoms with Crippen molar-refractivity contribution in [1.82, 2.24) is 5.32 Å². The number of cyclic esters (lactones) is 1. The summed E-state index contributed by atoms with van der Waals surface area (Å²) in [4.78, 5) is 23.7. The number of hydrogen-bond acceptors (Lipinski definition) is 4. The van der Waals surface area contributed by atoms with Gasteiger partial charge in [-0.25, -0.2) is 4.79 Å². The highest BCUT2D eigenvalue weighted by Gasteiger charge is 2.36. The third kappa shape index (κ3) is 2.79. The van der Waals surface area contributed by atoms with Gasteiger partial charge in [-0.15, -0.1) is 0 Å². The highest BCUT2D eigenvalue weighted by molar-refractivity contribution is 8.13. The van der Waals surface area contributed by atoms with E-state index in [0.29, 0.717) is 0 Å². The summed E-state index contributed by atoms with van der Waals surface area (Å²) in [7, 11) is 0. The first-order valence-corrected chi connectivity index (χ1v) is 6.13. The molecular formula is C12H13NO3S. The summed E-state index contributed by atoms with van der Waals surface area (Å²) in [6.07, 6.45) is -1.23. The number of thioether (sulfide) groups is 1. The van der Waals surface area contributed by atoms with Crippen molar-refractivity contribution in [2.75, 3.05) is 0 Å². The number of benzene rings is 1. The van der Waals surface area contributed by atoms with Gasteiger partial charge in [0.1, 0.15) is 0 Å². The van der Waals surface area contributed by atoms with Crippen LogP contribution in [0.5, 0.6) is 0 Å². The van der Waals surface area contributed by atoms with Gasteiger partial charge in [0.2, 0.25) is 5.12 Å². The zero-order valence-electron chi connectivity index (χ0n) is 9.60. The molecule has 2 atom stereocenters. The van der Waals surface area contributed by atoms with Crippen LogP contribution in [-0.2, 0) is 9.53 Å². The van der Waals surface area contributed by atoms with Crippen LogP contribution in [0, 0.1) is 6.92 Å². The van der Waals surface area contributed by atoms with E-state index in [2.05, 4.69) is 5.32 Å². The third-order valence-corrected chi connectivity index (χ3v) is 3.45. The Morgan fingerprint density at radius 3 is 2.53 bits per heavy atom. The van der Waals surface area contributed by atoms with Crippen LogP contribution in [0.1, 0.15) is 12.5 Å². The molecule has 1 aromatic carbocycles. The summed E-state index contributed by atoms with van der Waals surface area (Å²) in [5.41, 5.74) is 1.14. The van der Waals surface area contributed by atoms with Crippen molar-refractivity contribution >= 4 is 23.0 Å². The number of ether oxygens (including phenoxy) is 1. The second-order valence-corrected chi connectivity index (χ2v) is 5.07. The maximum absolute atomic E-state index is 11.9. The SMILES string of the molecule is Cc1ccc(SC(=O)[C@@H]2OC(=O)N[C@H]2C)cc1. The van der Waals surface area contributed by atoms with E-state index in [0.717, 1.165) is 22.2 Å². The van der Waals surface area contributed by atoms with Crippen LogP contribution in [0.15, 0.2) is 29.2 Å². The van der Waals surface area contributed by atoms with Gasteiger partial charge in [-0.3, -0.25) is 4.79 Å². The molecule has 0 aliphatic carbocycles. The Bertz CT molecular complexity index is 444. The highest BCUT2D eigenvalue weighted by Crippen LogP contribution is 2.24. The molecule has 1 fully saturated rings. The van der Waals surface area contributed by atoms with Crippen LogP contribution in [0.3, 0.4) is 0 Å². The maximum atomic E-state index is 11.9. The number of aryl methyl sites for hydroxylation is 1. The van der Waals surface area contributed by atoms with Gasteiger partial charge in [0.05, 0.1) is 6.04 Å². The van der Waals surface area contributed by atoms with Crippen LogP contribution < -0.4 is 5.32 Å². The lowest BCUT2D eigenvalue weighted by atomic mass is 10.2.